The second kappa shape index (κ2) is 2.56. The Balaban J connectivity index is 2.16. The average Bonchev–Trinajstić information content (AvgIpc) is 1.76. The van der Waals surface area contributed by atoms with Crippen LogP contribution in [0.5, 0.6) is 0 Å². The van der Waals surface area contributed by atoms with Crippen LogP contribution in [0.25, 0.3) is 0 Å². The van der Waals surface area contributed by atoms with Crippen LogP contribution in [-0.2, 0) is 4.74 Å². The molecule has 10 heavy (non-hydrogen) atoms. The lowest BCUT2D eigenvalue weighted by atomic mass is 9.84. The molecular formula is C6H8N2O2. The number of nitrogens with zero attached hydrogens (tertiary/aromatic N) is 1. The molecule has 0 bridgehead atoms. The van der Waals surface area contributed by atoms with Crippen molar-refractivity contribution in [2.24, 2.45) is 11.7 Å². The van der Waals surface area contributed by atoms with Crippen LogP contribution in [0, 0.1) is 17.2 Å². The first-order valence-corrected chi connectivity index (χ1v) is 3.08. The van der Waals surface area contributed by atoms with Crippen molar-refractivity contribution in [1.29, 1.82) is 5.26 Å². The van der Waals surface area contributed by atoms with Gasteiger partial charge in [-0.2, -0.15) is 5.26 Å². The molecule has 0 radical (unpaired) electrons. The minimum Gasteiger partial charge on any atom is -0.446 e. The van der Waals surface area contributed by atoms with E-state index in [-0.39, 0.29) is 12.0 Å². The highest BCUT2D eigenvalue weighted by Gasteiger charge is 2.31. The molecule has 0 aromatic rings. The van der Waals surface area contributed by atoms with Gasteiger partial charge in [-0.05, 0) is 0 Å². The normalized spacial score (nSPS) is 29.9. The van der Waals surface area contributed by atoms with Crippen LogP contribution in [0.15, 0.2) is 0 Å². The summed E-state index contributed by atoms with van der Waals surface area (Å²) < 4.78 is 4.61. The summed E-state index contributed by atoms with van der Waals surface area (Å²) in [5, 5.41) is 8.32. The van der Waals surface area contributed by atoms with Gasteiger partial charge < -0.3 is 10.5 Å². The molecule has 1 fully saturated rings. The van der Waals surface area contributed by atoms with Gasteiger partial charge in [0, 0.05) is 12.8 Å². The van der Waals surface area contributed by atoms with E-state index in [2.05, 4.69) is 10.8 Å². The Hall–Kier alpha value is -1.24. The smallest absolute Gasteiger partial charge is 0.404 e. The number of hydrogen-bond donors (Lipinski definition) is 1. The van der Waals surface area contributed by atoms with Gasteiger partial charge in [-0.25, -0.2) is 4.79 Å². The number of ether oxygens (including phenoxy) is 1. The van der Waals surface area contributed by atoms with Gasteiger partial charge in [0.25, 0.3) is 0 Å². The SMILES string of the molecule is N#CC1CC(OC(N)=O)C1. The Morgan fingerprint density at radius 2 is 2.30 bits per heavy atom. The fourth-order valence-corrected chi connectivity index (χ4v) is 0.932. The van der Waals surface area contributed by atoms with E-state index in [1.54, 1.807) is 0 Å². The van der Waals surface area contributed by atoms with Gasteiger partial charge in [-0.3, -0.25) is 0 Å². The molecule has 1 saturated carbocycles. The number of hydrogen-bond acceptors (Lipinski definition) is 3. The minimum absolute atomic E-state index is 0.0596. The molecule has 0 aliphatic heterocycles. The van der Waals surface area contributed by atoms with Gasteiger partial charge in [0.2, 0.25) is 0 Å². The van der Waals surface area contributed by atoms with Gasteiger partial charge in [0.05, 0.1) is 12.0 Å². The van der Waals surface area contributed by atoms with Gasteiger partial charge in [0.1, 0.15) is 6.10 Å². The molecule has 54 valence electrons. The summed E-state index contributed by atoms with van der Waals surface area (Å²) >= 11 is 0. The highest BCUT2D eigenvalue weighted by molar-refractivity contribution is 5.64. The molecule has 2 N–H and O–H groups in total. The van der Waals surface area contributed by atoms with Crippen molar-refractivity contribution in [3.63, 3.8) is 0 Å². The molecule has 1 aliphatic carbocycles. The van der Waals surface area contributed by atoms with E-state index in [1.807, 2.05) is 0 Å². The van der Waals surface area contributed by atoms with E-state index in [0.29, 0.717) is 12.8 Å². The molecule has 1 aliphatic rings. The van der Waals surface area contributed by atoms with Crippen molar-refractivity contribution in [1.82, 2.24) is 0 Å². The van der Waals surface area contributed by atoms with Gasteiger partial charge in [-0.1, -0.05) is 0 Å². The predicted octanol–water partition coefficient (Wildman–Crippen LogP) is 0.384. The predicted molar refractivity (Wildman–Crippen MR) is 32.8 cm³/mol. The van der Waals surface area contributed by atoms with Crippen LogP contribution in [0.3, 0.4) is 0 Å². The van der Waals surface area contributed by atoms with E-state index in [4.69, 9.17) is 11.0 Å². The van der Waals surface area contributed by atoms with Gasteiger partial charge in [-0.15, -0.1) is 0 Å². The molecule has 0 aromatic heterocycles. The van der Waals surface area contributed by atoms with Crippen LogP contribution in [0.2, 0.25) is 0 Å². The summed E-state index contributed by atoms with van der Waals surface area (Å²) in [6.07, 6.45) is 0.419. The zero-order valence-corrected chi connectivity index (χ0v) is 5.41. The van der Waals surface area contributed by atoms with Crippen molar-refractivity contribution >= 4 is 6.09 Å². The molecule has 0 heterocycles. The maximum Gasteiger partial charge on any atom is 0.404 e. The summed E-state index contributed by atoms with van der Waals surface area (Å²) in [5.74, 6) is 0.0596. The monoisotopic (exact) mass is 140 g/mol. The van der Waals surface area contributed by atoms with Crippen molar-refractivity contribution in [3.8, 4) is 6.07 Å². The lowest BCUT2D eigenvalue weighted by molar-refractivity contribution is 0.0390. The second-order valence-corrected chi connectivity index (χ2v) is 2.36. The van der Waals surface area contributed by atoms with E-state index < -0.39 is 6.09 Å². The Kier molecular flexibility index (Phi) is 1.76. The molecule has 1 amide bonds. The van der Waals surface area contributed by atoms with E-state index in [1.165, 1.54) is 0 Å². The molecule has 1 rings (SSSR count). The molecule has 4 nitrogen and oxygen atoms in total. The molecular weight excluding hydrogens is 132 g/mol. The number of carbonyl (C=O) groups is 1. The number of nitrogens with two attached hydrogens (primary N) is 1. The summed E-state index contributed by atoms with van der Waals surface area (Å²) in [7, 11) is 0. The molecule has 0 saturated heterocycles. The summed E-state index contributed by atoms with van der Waals surface area (Å²) in [5.41, 5.74) is 4.75. The first kappa shape index (κ1) is 6.87. The third-order valence-electron chi connectivity index (χ3n) is 1.56. The number of nitriles is 1. The van der Waals surface area contributed by atoms with E-state index >= 15 is 0 Å². The van der Waals surface area contributed by atoms with Crippen molar-refractivity contribution < 1.29 is 9.53 Å². The zero-order chi connectivity index (χ0) is 7.56. The topological polar surface area (TPSA) is 76.1 Å². The first-order valence-electron chi connectivity index (χ1n) is 3.08. The van der Waals surface area contributed by atoms with Crippen LogP contribution in [-0.4, -0.2) is 12.2 Å². The maximum absolute atomic E-state index is 10.1. The van der Waals surface area contributed by atoms with E-state index in [9.17, 15) is 4.79 Å². The third kappa shape index (κ3) is 1.38. The lowest BCUT2D eigenvalue weighted by Gasteiger charge is -2.28. The van der Waals surface area contributed by atoms with Gasteiger partial charge >= 0.3 is 6.09 Å². The van der Waals surface area contributed by atoms with Crippen LogP contribution >= 0.6 is 0 Å². The lowest BCUT2D eigenvalue weighted by Crippen LogP contribution is -2.34. The summed E-state index contributed by atoms with van der Waals surface area (Å²) in [4.78, 5) is 10.1. The van der Waals surface area contributed by atoms with Gasteiger partial charge in [0.15, 0.2) is 0 Å². The Morgan fingerprint density at radius 1 is 1.70 bits per heavy atom. The average molecular weight is 140 g/mol. The molecule has 0 aromatic carbocycles. The Labute approximate surface area is 58.6 Å². The van der Waals surface area contributed by atoms with Crippen molar-refractivity contribution in [2.75, 3.05) is 0 Å². The standard InChI is InChI=1S/C6H8N2O2/c7-3-4-1-5(2-4)10-6(8)9/h4-5H,1-2H2,(H2,8,9). The Bertz CT molecular complexity index is 179. The largest absolute Gasteiger partial charge is 0.446 e. The maximum atomic E-state index is 10.1. The highest BCUT2D eigenvalue weighted by atomic mass is 16.6. The quantitative estimate of drug-likeness (QED) is 0.572. The molecule has 0 unspecified atom stereocenters. The molecule has 4 heteroatoms. The zero-order valence-electron chi connectivity index (χ0n) is 5.41. The summed E-state index contributed by atoms with van der Waals surface area (Å²) in [6, 6.07) is 2.07. The highest BCUT2D eigenvalue weighted by Crippen LogP contribution is 2.28. The van der Waals surface area contributed by atoms with Crippen LogP contribution < -0.4 is 5.73 Å². The number of rotatable bonds is 1. The number of amides is 1. The summed E-state index contributed by atoms with van der Waals surface area (Å²) in [6.45, 7) is 0. The van der Waals surface area contributed by atoms with Crippen LogP contribution in [0.4, 0.5) is 4.79 Å². The second-order valence-electron chi connectivity index (χ2n) is 2.36. The van der Waals surface area contributed by atoms with E-state index in [0.717, 1.165) is 0 Å². The molecule has 0 spiro atoms. The Morgan fingerprint density at radius 3 is 2.70 bits per heavy atom. The third-order valence-corrected chi connectivity index (χ3v) is 1.56. The number of primary amides is 1. The van der Waals surface area contributed by atoms with Crippen molar-refractivity contribution in [2.45, 2.75) is 18.9 Å². The van der Waals surface area contributed by atoms with Crippen LogP contribution in [0.1, 0.15) is 12.8 Å². The van der Waals surface area contributed by atoms with Crippen molar-refractivity contribution in [3.05, 3.63) is 0 Å². The first-order chi connectivity index (χ1) is 4.72. The fraction of sp³-hybridized carbons (Fsp3) is 0.667. The fourth-order valence-electron chi connectivity index (χ4n) is 0.932. The minimum atomic E-state index is -0.749. The molecule has 0 atom stereocenters. The number of carbonyl (C=O) groups excluding carboxylic acids is 1.